The van der Waals surface area contributed by atoms with Crippen LogP contribution in [0.1, 0.15) is 32.3 Å². The minimum absolute atomic E-state index is 0.215. The number of benzene rings is 1. The number of amides is 2. The maximum atomic E-state index is 12.4. The van der Waals surface area contributed by atoms with Crippen molar-refractivity contribution in [3.8, 4) is 5.75 Å². The first-order chi connectivity index (χ1) is 12.5. The number of methoxy groups -OCH3 is 1. The maximum Gasteiger partial charge on any atom is 0.523 e. The van der Waals surface area contributed by atoms with Crippen molar-refractivity contribution in [3.63, 3.8) is 0 Å². The summed E-state index contributed by atoms with van der Waals surface area (Å²) in [7, 11) is -4.47. The average Bonchev–Trinajstić information content (AvgIpc) is 2.62. The molecular weight excluding hydrogens is 391 g/mol. The van der Waals surface area contributed by atoms with Crippen molar-refractivity contribution in [2.75, 3.05) is 7.11 Å². The Morgan fingerprint density at radius 2 is 1.70 bits per heavy atom. The summed E-state index contributed by atoms with van der Waals surface area (Å²) in [5.74, 6) is -1.21. The minimum atomic E-state index is -5.93. The lowest BCUT2D eigenvalue weighted by atomic mass is 10.1. The summed E-state index contributed by atoms with van der Waals surface area (Å²) in [5.41, 5.74) is -5.13. The van der Waals surface area contributed by atoms with Gasteiger partial charge >= 0.3 is 15.6 Å². The van der Waals surface area contributed by atoms with Gasteiger partial charge in [-0.1, -0.05) is 26.0 Å². The molecule has 7 nitrogen and oxygen atoms in total. The van der Waals surface area contributed by atoms with E-state index in [-0.39, 0.29) is 13.0 Å². The molecule has 0 bridgehead atoms. The zero-order valence-electron chi connectivity index (χ0n) is 14.9. The molecule has 1 aliphatic heterocycles. The fourth-order valence-electron chi connectivity index (χ4n) is 2.19. The number of imide groups is 1. The summed E-state index contributed by atoms with van der Waals surface area (Å²) in [6.45, 7) is 3.79. The largest absolute Gasteiger partial charge is 0.523 e. The molecule has 0 aromatic heterocycles. The topological polar surface area (TPSA) is 90.0 Å². The van der Waals surface area contributed by atoms with Gasteiger partial charge in [-0.2, -0.15) is 21.6 Å². The number of ether oxygens (including phenoxy) is 1. The first kappa shape index (κ1) is 22.9. The third-order valence-corrected chi connectivity index (χ3v) is 4.54. The highest BCUT2D eigenvalue weighted by Crippen LogP contribution is 2.29. The Kier molecular flexibility index (Phi) is 7.78. The van der Waals surface area contributed by atoms with E-state index in [9.17, 15) is 31.2 Å². The van der Waals surface area contributed by atoms with Crippen molar-refractivity contribution in [2.45, 2.75) is 44.8 Å². The second-order valence-electron chi connectivity index (χ2n) is 5.19. The Labute approximate surface area is 155 Å². The quantitative estimate of drug-likeness (QED) is 0.420. The lowest BCUT2D eigenvalue weighted by molar-refractivity contribution is -0.155. The van der Waals surface area contributed by atoms with Crippen molar-refractivity contribution >= 4 is 21.9 Å². The molecule has 1 atom stereocenters. The smallest absolute Gasteiger partial charge is 0.497 e. The molecule has 1 fully saturated rings. The lowest BCUT2D eigenvalue weighted by Gasteiger charge is -2.30. The van der Waals surface area contributed by atoms with Crippen molar-refractivity contribution in [3.05, 3.63) is 29.8 Å². The van der Waals surface area contributed by atoms with Crippen molar-refractivity contribution in [1.82, 2.24) is 4.90 Å². The van der Waals surface area contributed by atoms with Crippen LogP contribution in [0.5, 0.6) is 5.75 Å². The molecule has 0 aliphatic carbocycles. The lowest BCUT2D eigenvalue weighted by Crippen LogP contribution is -2.49. The van der Waals surface area contributed by atoms with E-state index in [0.29, 0.717) is 16.2 Å². The number of hydrogen-bond acceptors (Lipinski definition) is 6. The molecule has 1 aromatic carbocycles. The number of carbonyl (C=O) groups excluding carboxylic acids is 2. The van der Waals surface area contributed by atoms with Crippen LogP contribution in [0.15, 0.2) is 24.3 Å². The van der Waals surface area contributed by atoms with Gasteiger partial charge in [-0.15, -0.1) is 0 Å². The number of nitrogens with zero attached hydrogens (tertiary/aromatic N) is 1. The van der Waals surface area contributed by atoms with Gasteiger partial charge in [0.25, 0.3) is 5.91 Å². The molecule has 27 heavy (non-hydrogen) atoms. The standard InChI is InChI=1S/C14H14F3NO6S.C2H6/c1-23-10-4-2-9(3-5-10)8-18-12(19)7-6-11(13(18)20)24-25(21,22)14(15,16)17;1-2/h2-5,11H,6-8H2,1H3;1-2H3. The van der Waals surface area contributed by atoms with Gasteiger partial charge < -0.3 is 4.74 Å². The van der Waals surface area contributed by atoms with Crippen LogP contribution in [0.2, 0.25) is 0 Å². The molecule has 2 amide bonds. The van der Waals surface area contributed by atoms with E-state index < -0.39 is 40.0 Å². The molecule has 0 saturated carbocycles. The first-order valence-electron chi connectivity index (χ1n) is 8.02. The molecule has 1 heterocycles. The molecule has 2 rings (SSSR count). The number of alkyl halides is 3. The zero-order valence-corrected chi connectivity index (χ0v) is 15.8. The highest BCUT2D eigenvalue weighted by atomic mass is 32.2. The third-order valence-electron chi connectivity index (χ3n) is 3.49. The van der Waals surface area contributed by atoms with Gasteiger partial charge in [-0.3, -0.25) is 14.5 Å². The summed E-state index contributed by atoms with van der Waals surface area (Å²) >= 11 is 0. The van der Waals surface area contributed by atoms with Crippen LogP contribution in [-0.2, 0) is 30.4 Å². The van der Waals surface area contributed by atoms with Gasteiger partial charge in [0, 0.05) is 6.42 Å². The molecule has 0 spiro atoms. The number of likely N-dealkylation sites (tertiary alicyclic amines) is 1. The zero-order chi connectivity index (χ0) is 20.8. The highest BCUT2D eigenvalue weighted by molar-refractivity contribution is 7.87. The van der Waals surface area contributed by atoms with E-state index in [2.05, 4.69) is 4.18 Å². The molecule has 1 saturated heterocycles. The second-order valence-corrected chi connectivity index (χ2v) is 6.75. The minimum Gasteiger partial charge on any atom is -0.497 e. The van der Waals surface area contributed by atoms with Crippen LogP contribution in [0, 0.1) is 0 Å². The molecular formula is C16H20F3NO6S. The van der Waals surface area contributed by atoms with Gasteiger partial charge in [0.05, 0.1) is 13.7 Å². The molecule has 0 radical (unpaired) electrons. The van der Waals surface area contributed by atoms with E-state index >= 15 is 0 Å². The molecule has 1 unspecified atom stereocenters. The van der Waals surface area contributed by atoms with Gasteiger partial charge in [0.15, 0.2) is 6.10 Å². The summed E-state index contributed by atoms with van der Waals surface area (Å²) in [6.07, 6.45) is -2.63. The highest BCUT2D eigenvalue weighted by Gasteiger charge is 2.50. The van der Waals surface area contributed by atoms with E-state index in [1.165, 1.54) is 7.11 Å². The van der Waals surface area contributed by atoms with Crippen LogP contribution in [-0.4, -0.2) is 43.9 Å². The van der Waals surface area contributed by atoms with Gasteiger partial charge in [0.1, 0.15) is 5.75 Å². The molecule has 1 aromatic rings. The SMILES string of the molecule is CC.COc1ccc(CN2C(=O)CCC(OS(=O)(=O)C(F)(F)F)C2=O)cc1. The van der Waals surface area contributed by atoms with Crippen molar-refractivity contribution in [2.24, 2.45) is 0 Å². The summed E-state index contributed by atoms with van der Waals surface area (Å²) in [4.78, 5) is 24.8. The first-order valence-corrected chi connectivity index (χ1v) is 9.42. The third kappa shape index (κ3) is 5.67. The Morgan fingerprint density at radius 3 is 2.19 bits per heavy atom. The van der Waals surface area contributed by atoms with Crippen LogP contribution in [0.3, 0.4) is 0 Å². The Hall–Kier alpha value is -2.14. The maximum absolute atomic E-state index is 12.4. The van der Waals surface area contributed by atoms with Crippen LogP contribution >= 0.6 is 0 Å². The van der Waals surface area contributed by atoms with E-state index in [1.54, 1.807) is 24.3 Å². The van der Waals surface area contributed by atoms with Crippen molar-refractivity contribution in [1.29, 1.82) is 0 Å². The van der Waals surface area contributed by atoms with Gasteiger partial charge in [-0.25, -0.2) is 4.18 Å². The van der Waals surface area contributed by atoms with E-state index in [4.69, 9.17) is 4.74 Å². The van der Waals surface area contributed by atoms with Crippen LogP contribution < -0.4 is 4.74 Å². The molecule has 11 heteroatoms. The molecule has 1 aliphatic rings. The van der Waals surface area contributed by atoms with Crippen molar-refractivity contribution < 1.29 is 40.1 Å². The number of hydrogen-bond donors (Lipinski definition) is 0. The average molecular weight is 411 g/mol. The van der Waals surface area contributed by atoms with Gasteiger partial charge in [-0.05, 0) is 24.1 Å². The predicted molar refractivity (Wildman–Crippen MR) is 89.0 cm³/mol. The number of piperidine rings is 1. The normalized spacial score (nSPS) is 18.0. The fourth-order valence-corrected chi connectivity index (χ4v) is 2.78. The van der Waals surface area contributed by atoms with Crippen LogP contribution in [0.25, 0.3) is 0 Å². The number of rotatable bonds is 5. The second kappa shape index (κ2) is 9.18. The monoisotopic (exact) mass is 411 g/mol. The summed E-state index contributed by atoms with van der Waals surface area (Å²) in [6, 6.07) is 6.29. The summed E-state index contributed by atoms with van der Waals surface area (Å²) in [5, 5.41) is 0. The van der Waals surface area contributed by atoms with E-state index in [1.807, 2.05) is 13.8 Å². The van der Waals surface area contributed by atoms with Gasteiger partial charge in [0.2, 0.25) is 5.91 Å². The molecule has 0 N–H and O–H groups in total. The fraction of sp³-hybridized carbons (Fsp3) is 0.500. The molecule has 152 valence electrons. The Bertz CT molecular complexity index is 761. The number of halogens is 3. The Morgan fingerprint density at radius 1 is 1.15 bits per heavy atom. The summed E-state index contributed by atoms with van der Waals surface area (Å²) < 4.78 is 68.3. The van der Waals surface area contributed by atoms with Crippen LogP contribution in [0.4, 0.5) is 13.2 Å². The predicted octanol–water partition coefficient (Wildman–Crippen LogP) is 2.61. The Balaban J connectivity index is 0.00000176. The van der Waals surface area contributed by atoms with E-state index in [0.717, 1.165) is 0 Å². The number of carbonyl (C=O) groups is 2.